The van der Waals surface area contributed by atoms with E-state index in [1.165, 1.54) is 17.0 Å². The maximum Gasteiger partial charge on any atom is 0.475 e. The number of carbonyl (C=O) groups is 1. The summed E-state index contributed by atoms with van der Waals surface area (Å²) in [7, 11) is -2.29. The Morgan fingerprint density at radius 2 is 1.70 bits per heavy atom. The van der Waals surface area contributed by atoms with Crippen molar-refractivity contribution in [3.05, 3.63) is 35.4 Å². The van der Waals surface area contributed by atoms with E-state index in [1.807, 2.05) is 0 Å². The van der Waals surface area contributed by atoms with E-state index in [-0.39, 0.29) is 37.5 Å². The third kappa shape index (κ3) is 11.1. The van der Waals surface area contributed by atoms with E-state index in [9.17, 15) is 23.2 Å². The van der Waals surface area contributed by atoms with Gasteiger partial charge in [0.15, 0.2) is 11.6 Å². The zero-order valence-electron chi connectivity index (χ0n) is 20.7. The van der Waals surface area contributed by atoms with Crippen molar-refractivity contribution >= 4 is 13.7 Å². The van der Waals surface area contributed by atoms with Crippen molar-refractivity contribution in [2.75, 3.05) is 20.3 Å². The summed E-state index contributed by atoms with van der Waals surface area (Å²) in [6.07, 6.45) is 0.772. The summed E-state index contributed by atoms with van der Waals surface area (Å²) in [5.41, 5.74) is -1.37. The molecule has 0 unspecified atom stereocenters. The Bertz CT molecular complexity index is 802. The van der Waals surface area contributed by atoms with Gasteiger partial charge in [-0.15, -0.1) is 0 Å². The lowest BCUT2D eigenvalue weighted by Gasteiger charge is -2.31. The summed E-state index contributed by atoms with van der Waals surface area (Å²) in [6.45, 7) is 10.2. The molecule has 1 aromatic rings. The summed E-state index contributed by atoms with van der Waals surface area (Å²) in [5, 5.41) is 9.73. The molecule has 0 saturated carbocycles. The van der Waals surface area contributed by atoms with Gasteiger partial charge in [0.2, 0.25) is 5.91 Å². The largest absolute Gasteiger partial charge is 0.475 e. The Kier molecular flexibility index (Phi) is 11.1. The van der Waals surface area contributed by atoms with Gasteiger partial charge in [-0.2, -0.15) is 0 Å². The summed E-state index contributed by atoms with van der Waals surface area (Å²) in [5.74, 6) is -2.22. The van der Waals surface area contributed by atoms with Gasteiger partial charge < -0.3 is 10.0 Å². The lowest BCUT2D eigenvalue weighted by atomic mass is 10.1. The smallest absolute Gasteiger partial charge is 0.394 e. The van der Waals surface area contributed by atoms with Gasteiger partial charge in [-0.1, -0.05) is 12.1 Å². The number of amides is 1. The van der Waals surface area contributed by atoms with Crippen LogP contribution < -0.4 is 0 Å². The van der Waals surface area contributed by atoms with Crippen molar-refractivity contribution in [3.63, 3.8) is 0 Å². The van der Waals surface area contributed by atoms with Gasteiger partial charge in [-0.3, -0.25) is 18.4 Å². The zero-order chi connectivity index (χ0) is 25.4. The molecule has 0 spiro atoms. The predicted octanol–water partition coefficient (Wildman–Crippen LogP) is 5.25. The summed E-state index contributed by atoms with van der Waals surface area (Å²) < 4.78 is 56.8. The van der Waals surface area contributed by atoms with Crippen LogP contribution in [0.4, 0.5) is 8.78 Å². The Morgan fingerprint density at radius 1 is 1.12 bits per heavy atom. The number of phosphoric acid groups is 1. The molecule has 1 atom stereocenters. The van der Waals surface area contributed by atoms with E-state index in [2.05, 4.69) is 0 Å². The highest BCUT2D eigenvalue weighted by Crippen LogP contribution is 2.55. The van der Waals surface area contributed by atoms with Crippen LogP contribution in [0.3, 0.4) is 0 Å². The quantitative estimate of drug-likeness (QED) is 0.316. The fourth-order valence-corrected chi connectivity index (χ4v) is 4.85. The zero-order valence-corrected chi connectivity index (χ0v) is 21.6. The highest BCUT2D eigenvalue weighted by molar-refractivity contribution is 7.48. The van der Waals surface area contributed by atoms with Gasteiger partial charge >= 0.3 is 7.82 Å². The van der Waals surface area contributed by atoms with Crippen LogP contribution >= 0.6 is 7.82 Å². The predicted molar refractivity (Wildman–Crippen MR) is 123 cm³/mol. The number of rotatable bonds is 12. The van der Waals surface area contributed by atoms with Gasteiger partial charge in [0.25, 0.3) is 0 Å². The van der Waals surface area contributed by atoms with E-state index >= 15 is 0 Å². The van der Waals surface area contributed by atoms with Gasteiger partial charge in [-0.05, 0) is 72.4 Å². The fraction of sp³-hybridized carbons (Fsp3) is 0.696. The second-order valence-corrected chi connectivity index (χ2v) is 11.4. The average Bonchev–Trinajstić information content (AvgIpc) is 2.65. The Balaban J connectivity index is 2.62. The minimum absolute atomic E-state index is 0.0298. The number of phosphoric ester groups is 1. The summed E-state index contributed by atoms with van der Waals surface area (Å²) in [4.78, 5) is 13.9. The molecule has 0 aliphatic rings. The second-order valence-electron chi connectivity index (χ2n) is 9.88. The molecule has 1 amide bonds. The standard InChI is InChI=1S/C23H38F2NO6P/c1-22(2,3)31-33(29,32-23(4,5)6)30-15-9-11-18(16-27)26(7)20(28)14-13-17-10-8-12-19(24)21(17)25/h8,10,12,18,27H,9,11,13-16H2,1-7H3/t18-/m0/s1. The first-order valence-electron chi connectivity index (χ1n) is 11.0. The number of hydrogen-bond acceptors (Lipinski definition) is 6. The minimum Gasteiger partial charge on any atom is -0.394 e. The van der Waals surface area contributed by atoms with Crippen molar-refractivity contribution in [1.29, 1.82) is 0 Å². The minimum atomic E-state index is -3.84. The molecule has 33 heavy (non-hydrogen) atoms. The van der Waals surface area contributed by atoms with Crippen LogP contribution in [0.15, 0.2) is 18.2 Å². The molecular formula is C23H38F2NO6P. The Labute approximate surface area is 196 Å². The van der Waals surface area contributed by atoms with Crippen LogP contribution in [-0.2, 0) is 29.4 Å². The van der Waals surface area contributed by atoms with Gasteiger partial charge in [-0.25, -0.2) is 13.3 Å². The molecule has 190 valence electrons. The number of nitrogens with zero attached hydrogens (tertiary/aromatic N) is 1. The van der Waals surface area contributed by atoms with Crippen LogP contribution in [-0.4, -0.2) is 53.4 Å². The molecule has 0 aliphatic heterocycles. The van der Waals surface area contributed by atoms with E-state index in [0.29, 0.717) is 12.8 Å². The highest BCUT2D eigenvalue weighted by Gasteiger charge is 2.37. The van der Waals surface area contributed by atoms with Crippen LogP contribution in [0.2, 0.25) is 0 Å². The van der Waals surface area contributed by atoms with E-state index in [0.717, 1.165) is 6.07 Å². The molecule has 0 aromatic heterocycles. The molecule has 7 nitrogen and oxygen atoms in total. The van der Waals surface area contributed by atoms with Crippen molar-refractivity contribution < 1.29 is 36.8 Å². The van der Waals surface area contributed by atoms with Crippen molar-refractivity contribution in [2.24, 2.45) is 0 Å². The SMILES string of the molecule is CN(C(=O)CCc1cccc(F)c1F)[C@H](CO)CCCOP(=O)(OC(C)(C)C)OC(C)(C)C. The summed E-state index contributed by atoms with van der Waals surface area (Å²) >= 11 is 0. The first-order valence-corrected chi connectivity index (χ1v) is 12.5. The van der Waals surface area contributed by atoms with Crippen LogP contribution in [0, 0.1) is 11.6 Å². The fourth-order valence-electron chi connectivity index (χ4n) is 3.01. The molecule has 1 N–H and O–H groups in total. The van der Waals surface area contributed by atoms with Crippen molar-refractivity contribution in [3.8, 4) is 0 Å². The first kappa shape index (κ1) is 29.7. The monoisotopic (exact) mass is 493 g/mol. The first-order chi connectivity index (χ1) is 15.1. The van der Waals surface area contributed by atoms with Crippen molar-refractivity contribution in [2.45, 2.75) is 84.5 Å². The Hall–Kier alpha value is -1.38. The molecule has 0 saturated heterocycles. The number of hydrogen-bond donors (Lipinski definition) is 1. The molecule has 0 bridgehead atoms. The number of aliphatic hydroxyl groups is 1. The van der Waals surface area contributed by atoms with Crippen LogP contribution in [0.25, 0.3) is 0 Å². The molecule has 10 heteroatoms. The maximum absolute atomic E-state index is 13.8. The third-order valence-corrected chi connectivity index (χ3v) is 6.54. The van der Waals surface area contributed by atoms with Crippen molar-refractivity contribution in [1.82, 2.24) is 4.90 Å². The second kappa shape index (κ2) is 12.4. The lowest BCUT2D eigenvalue weighted by Crippen LogP contribution is -2.39. The number of likely N-dealkylation sites (N-methyl/N-ethyl adjacent to an activating group) is 1. The molecule has 1 rings (SSSR count). The van der Waals surface area contributed by atoms with Gasteiger partial charge in [0, 0.05) is 13.5 Å². The van der Waals surface area contributed by atoms with E-state index in [1.54, 1.807) is 48.6 Å². The molecule has 0 aliphatic carbocycles. The van der Waals surface area contributed by atoms with E-state index in [4.69, 9.17) is 13.6 Å². The number of aliphatic hydroxyl groups excluding tert-OH is 1. The summed E-state index contributed by atoms with van der Waals surface area (Å²) in [6, 6.07) is 3.34. The third-order valence-electron chi connectivity index (χ3n) is 4.49. The van der Waals surface area contributed by atoms with Crippen LogP contribution in [0.1, 0.15) is 66.4 Å². The highest BCUT2D eigenvalue weighted by atomic mass is 31.2. The Morgan fingerprint density at radius 3 is 2.21 bits per heavy atom. The molecule has 0 heterocycles. The lowest BCUT2D eigenvalue weighted by molar-refractivity contribution is -0.133. The number of benzene rings is 1. The van der Waals surface area contributed by atoms with Gasteiger partial charge in [0.1, 0.15) is 0 Å². The maximum atomic E-state index is 13.8. The topological polar surface area (TPSA) is 85.3 Å². The number of carbonyl (C=O) groups excluding carboxylic acids is 1. The number of aryl methyl sites for hydroxylation is 1. The molecule has 1 aromatic carbocycles. The average molecular weight is 494 g/mol. The molecule has 0 fully saturated rings. The number of halogens is 2. The van der Waals surface area contributed by atoms with E-state index < -0.39 is 36.7 Å². The normalized spacial score (nSPS) is 13.8. The molecule has 0 radical (unpaired) electrons. The molecular weight excluding hydrogens is 455 g/mol. The van der Waals surface area contributed by atoms with Gasteiger partial charge in [0.05, 0.1) is 30.5 Å². The van der Waals surface area contributed by atoms with Crippen LogP contribution in [0.5, 0.6) is 0 Å².